The monoisotopic (exact) mass is 360 g/mol. The van der Waals surface area contributed by atoms with Crippen molar-refractivity contribution in [2.75, 3.05) is 0 Å². The second-order valence-electron chi connectivity index (χ2n) is 6.54. The Balaban J connectivity index is 1.92. The molecule has 1 aliphatic carbocycles. The highest BCUT2D eigenvalue weighted by atomic mass is 32.2. The average Bonchev–Trinajstić information content (AvgIpc) is 3.25. The molecule has 0 amide bonds. The van der Waals surface area contributed by atoms with Crippen LogP contribution in [0.1, 0.15) is 29.5 Å². The van der Waals surface area contributed by atoms with Gasteiger partial charge in [0, 0.05) is 7.05 Å². The molecule has 0 spiro atoms. The molecule has 0 unspecified atom stereocenters. The first kappa shape index (κ1) is 15.4. The fourth-order valence-electron chi connectivity index (χ4n) is 3.76. The fourth-order valence-corrected chi connectivity index (χ4v) is 4.84. The topological polar surface area (TPSA) is 71.8 Å². The molecule has 0 N–H and O–H groups in total. The van der Waals surface area contributed by atoms with Gasteiger partial charge in [0.25, 0.3) is 0 Å². The van der Waals surface area contributed by atoms with E-state index in [1.54, 1.807) is 18.1 Å². The number of nitrogens with zero attached hydrogens (tertiary/aromatic N) is 6. The quantitative estimate of drug-likeness (QED) is 0.547. The lowest BCUT2D eigenvalue weighted by molar-refractivity contribution is 0.663. The van der Waals surface area contributed by atoms with Gasteiger partial charge < -0.3 is 4.57 Å². The second kappa shape index (κ2) is 5.85. The van der Waals surface area contributed by atoms with E-state index < -0.39 is 0 Å². The van der Waals surface area contributed by atoms with Crippen molar-refractivity contribution in [1.29, 1.82) is 5.26 Å². The van der Waals surface area contributed by atoms with Gasteiger partial charge in [-0.3, -0.25) is 4.40 Å². The Morgan fingerprint density at radius 3 is 2.73 bits per heavy atom. The molecule has 0 saturated heterocycles. The highest BCUT2D eigenvalue weighted by Gasteiger charge is 2.25. The van der Waals surface area contributed by atoms with Crippen LogP contribution in [0, 0.1) is 11.3 Å². The van der Waals surface area contributed by atoms with Crippen LogP contribution >= 0.6 is 11.8 Å². The minimum atomic E-state index is 0.721. The molecule has 1 aliphatic rings. The van der Waals surface area contributed by atoms with Gasteiger partial charge >= 0.3 is 0 Å². The number of pyridine rings is 1. The van der Waals surface area contributed by atoms with Gasteiger partial charge in [-0.2, -0.15) is 5.26 Å². The van der Waals surface area contributed by atoms with E-state index in [4.69, 9.17) is 4.98 Å². The summed E-state index contributed by atoms with van der Waals surface area (Å²) >= 11 is 1.61. The van der Waals surface area contributed by atoms with Crippen LogP contribution in [-0.4, -0.2) is 24.1 Å². The maximum Gasteiger partial charge on any atom is 0.196 e. The van der Waals surface area contributed by atoms with Crippen LogP contribution < -0.4 is 0 Å². The summed E-state index contributed by atoms with van der Waals surface area (Å²) in [5.74, 6) is 0. The summed E-state index contributed by atoms with van der Waals surface area (Å²) in [5.41, 5.74) is 5.82. The van der Waals surface area contributed by atoms with E-state index in [9.17, 15) is 5.26 Å². The summed E-state index contributed by atoms with van der Waals surface area (Å²) in [6.45, 7) is 0. The van der Waals surface area contributed by atoms with E-state index in [1.165, 1.54) is 5.56 Å². The van der Waals surface area contributed by atoms with Gasteiger partial charge in [0.15, 0.2) is 10.8 Å². The van der Waals surface area contributed by atoms with Crippen molar-refractivity contribution < 1.29 is 0 Å². The summed E-state index contributed by atoms with van der Waals surface area (Å²) in [6.07, 6.45) is 5.88. The van der Waals surface area contributed by atoms with Crippen LogP contribution in [0.3, 0.4) is 0 Å². The predicted octanol–water partition coefficient (Wildman–Crippen LogP) is 3.52. The minimum absolute atomic E-state index is 0.721. The number of aryl methyl sites for hydroxylation is 1. The van der Waals surface area contributed by atoms with Gasteiger partial charge in [-0.25, -0.2) is 4.98 Å². The molecular formula is C19H16N6S. The first-order valence-electron chi connectivity index (χ1n) is 8.65. The number of imidazole rings is 1. The number of aromatic nitrogens is 5. The average molecular weight is 360 g/mol. The minimum Gasteiger partial charge on any atom is -0.311 e. The number of hydrogen-bond donors (Lipinski definition) is 0. The van der Waals surface area contributed by atoms with Gasteiger partial charge in [0.2, 0.25) is 0 Å². The Morgan fingerprint density at radius 1 is 1.15 bits per heavy atom. The van der Waals surface area contributed by atoms with E-state index in [0.29, 0.717) is 0 Å². The number of nitriles is 1. The SMILES string of the molecule is Cn1cnnc1Sc1c2c(c(C#N)c3nc4ccccc4n13)CCCC2. The van der Waals surface area contributed by atoms with Crippen LogP contribution in [0.4, 0.5) is 0 Å². The molecule has 3 aromatic heterocycles. The molecule has 4 aromatic rings. The smallest absolute Gasteiger partial charge is 0.196 e. The molecule has 1 aromatic carbocycles. The normalized spacial score (nSPS) is 13.8. The number of hydrogen-bond acceptors (Lipinski definition) is 5. The molecular weight excluding hydrogens is 344 g/mol. The van der Waals surface area contributed by atoms with E-state index in [-0.39, 0.29) is 0 Å². The van der Waals surface area contributed by atoms with Crippen LogP contribution in [0.5, 0.6) is 0 Å². The summed E-state index contributed by atoms with van der Waals surface area (Å²) in [5, 5.41) is 20.1. The van der Waals surface area contributed by atoms with Gasteiger partial charge in [0.05, 0.1) is 21.6 Å². The summed E-state index contributed by atoms with van der Waals surface area (Å²) in [7, 11) is 1.95. The maximum absolute atomic E-state index is 9.87. The van der Waals surface area contributed by atoms with Crippen molar-refractivity contribution in [2.24, 2.45) is 7.05 Å². The van der Waals surface area contributed by atoms with Crippen molar-refractivity contribution in [2.45, 2.75) is 35.9 Å². The predicted molar refractivity (Wildman–Crippen MR) is 99.2 cm³/mol. The molecule has 0 radical (unpaired) electrons. The molecule has 128 valence electrons. The lowest BCUT2D eigenvalue weighted by atomic mass is 9.90. The third-order valence-corrected chi connectivity index (χ3v) is 6.16. The Labute approximate surface area is 154 Å². The second-order valence-corrected chi connectivity index (χ2v) is 7.50. The number of fused-ring (bicyclic) bond motifs is 4. The van der Waals surface area contributed by atoms with Crippen LogP contribution in [0.15, 0.2) is 40.8 Å². The van der Waals surface area contributed by atoms with Crippen molar-refractivity contribution in [3.63, 3.8) is 0 Å². The van der Waals surface area contributed by atoms with E-state index in [0.717, 1.165) is 63.7 Å². The zero-order chi connectivity index (χ0) is 17.7. The fraction of sp³-hybridized carbons (Fsp3) is 0.263. The van der Waals surface area contributed by atoms with Crippen LogP contribution in [0.2, 0.25) is 0 Å². The Kier molecular flexibility index (Phi) is 3.47. The van der Waals surface area contributed by atoms with E-state index in [2.05, 4.69) is 26.7 Å². The highest BCUT2D eigenvalue weighted by molar-refractivity contribution is 7.99. The van der Waals surface area contributed by atoms with Gasteiger partial charge in [0.1, 0.15) is 12.4 Å². The Hall–Kier alpha value is -2.85. The van der Waals surface area contributed by atoms with Gasteiger partial charge in [-0.05, 0) is 60.7 Å². The molecule has 6 nitrogen and oxygen atoms in total. The van der Waals surface area contributed by atoms with Crippen molar-refractivity contribution in [3.05, 3.63) is 47.3 Å². The van der Waals surface area contributed by atoms with Gasteiger partial charge in [-0.1, -0.05) is 12.1 Å². The van der Waals surface area contributed by atoms with Crippen molar-refractivity contribution >= 4 is 28.4 Å². The van der Waals surface area contributed by atoms with Gasteiger partial charge in [-0.15, -0.1) is 10.2 Å². The first-order valence-corrected chi connectivity index (χ1v) is 9.46. The summed E-state index contributed by atoms with van der Waals surface area (Å²) < 4.78 is 4.06. The lowest BCUT2D eigenvalue weighted by Gasteiger charge is -2.22. The summed E-state index contributed by atoms with van der Waals surface area (Å²) in [6, 6.07) is 10.5. The molecule has 0 aliphatic heterocycles. The van der Waals surface area contributed by atoms with Crippen LogP contribution in [0.25, 0.3) is 16.7 Å². The number of benzene rings is 1. The zero-order valence-electron chi connectivity index (χ0n) is 14.3. The molecule has 26 heavy (non-hydrogen) atoms. The Morgan fingerprint density at radius 2 is 1.96 bits per heavy atom. The Bertz CT molecular complexity index is 1200. The largest absolute Gasteiger partial charge is 0.311 e. The number of para-hydroxylation sites is 2. The van der Waals surface area contributed by atoms with E-state index >= 15 is 0 Å². The molecule has 0 atom stereocenters. The highest BCUT2D eigenvalue weighted by Crippen LogP contribution is 2.39. The standard InChI is InChI=1S/C19H16N6S/c1-24-11-21-23-19(24)26-18-13-7-3-2-6-12(13)14(10-20)17-22-15-8-4-5-9-16(15)25(17)18/h4-5,8-9,11H,2-3,6-7H2,1H3. The maximum atomic E-state index is 9.87. The van der Waals surface area contributed by atoms with Crippen molar-refractivity contribution in [3.8, 4) is 6.07 Å². The molecule has 0 saturated carbocycles. The van der Waals surface area contributed by atoms with Crippen LogP contribution in [-0.2, 0) is 19.9 Å². The third-order valence-electron chi connectivity index (χ3n) is 4.98. The number of rotatable bonds is 2. The van der Waals surface area contributed by atoms with E-state index in [1.807, 2.05) is 29.8 Å². The molecule has 0 bridgehead atoms. The lowest BCUT2D eigenvalue weighted by Crippen LogP contribution is -2.11. The first-order chi connectivity index (χ1) is 12.8. The third kappa shape index (κ3) is 2.15. The van der Waals surface area contributed by atoms with Crippen molar-refractivity contribution in [1.82, 2.24) is 24.1 Å². The molecule has 0 fully saturated rings. The molecule has 5 rings (SSSR count). The molecule has 3 heterocycles. The summed E-state index contributed by atoms with van der Waals surface area (Å²) in [4.78, 5) is 4.79. The molecule has 7 heteroatoms. The zero-order valence-corrected chi connectivity index (χ0v) is 15.1.